The molecule has 16 heavy (non-hydrogen) atoms. The Morgan fingerprint density at radius 1 is 1.50 bits per heavy atom. The van der Waals surface area contributed by atoms with E-state index in [1.54, 1.807) is 25.2 Å². The van der Waals surface area contributed by atoms with Gasteiger partial charge in [0.25, 0.3) is 0 Å². The summed E-state index contributed by atoms with van der Waals surface area (Å²) >= 11 is 0. The zero-order valence-electron chi connectivity index (χ0n) is 9.76. The molecule has 1 aromatic heterocycles. The molecule has 4 heteroatoms. The van der Waals surface area contributed by atoms with Crippen LogP contribution in [-0.2, 0) is 6.54 Å². The lowest BCUT2D eigenvalue weighted by molar-refractivity contribution is 0.165. The Kier molecular flexibility index (Phi) is 3.08. The van der Waals surface area contributed by atoms with E-state index in [0.29, 0.717) is 12.6 Å². The summed E-state index contributed by atoms with van der Waals surface area (Å²) in [7, 11) is 3.59. The van der Waals surface area contributed by atoms with Crippen LogP contribution in [0.4, 0.5) is 4.79 Å². The van der Waals surface area contributed by atoms with Gasteiger partial charge in [-0.25, -0.2) is 4.79 Å². The third-order valence-corrected chi connectivity index (χ3v) is 2.69. The molecular weight excluding hydrogens is 202 g/mol. The Morgan fingerprint density at radius 3 is 2.75 bits per heavy atom. The molecule has 0 spiro atoms. The standard InChI is InChI=1S/C12H17N3O/c1-14(2)12(16)15(11-5-6-11)9-10-4-3-7-13-8-10/h3-4,7-8,11H,5-6,9H2,1-2H3. The maximum atomic E-state index is 12.0. The first-order valence-corrected chi connectivity index (χ1v) is 5.55. The van der Waals surface area contributed by atoms with Crippen LogP contribution in [0.5, 0.6) is 0 Å². The molecule has 1 fully saturated rings. The molecule has 86 valence electrons. The van der Waals surface area contributed by atoms with Crippen molar-refractivity contribution in [2.24, 2.45) is 0 Å². The fourth-order valence-corrected chi connectivity index (χ4v) is 1.68. The van der Waals surface area contributed by atoms with Crippen LogP contribution in [0.1, 0.15) is 18.4 Å². The molecule has 1 aliphatic rings. The van der Waals surface area contributed by atoms with Crippen molar-refractivity contribution in [3.63, 3.8) is 0 Å². The van der Waals surface area contributed by atoms with Crippen LogP contribution in [0.3, 0.4) is 0 Å². The van der Waals surface area contributed by atoms with Gasteiger partial charge in [0, 0.05) is 39.1 Å². The van der Waals surface area contributed by atoms with Crippen molar-refractivity contribution in [1.82, 2.24) is 14.8 Å². The van der Waals surface area contributed by atoms with Gasteiger partial charge in [-0.05, 0) is 24.5 Å². The quantitative estimate of drug-likeness (QED) is 0.776. The lowest BCUT2D eigenvalue weighted by atomic mass is 10.2. The van der Waals surface area contributed by atoms with Crippen LogP contribution in [0.2, 0.25) is 0 Å². The van der Waals surface area contributed by atoms with Crippen molar-refractivity contribution in [2.45, 2.75) is 25.4 Å². The second kappa shape index (κ2) is 4.51. The second-order valence-electron chi connectivity index (χ2n) is 4.40. The summed E-state index contributed by atoms with van der Waals surface area (Å²) in [5.41, 5.74) is 1.09. The normalized spacial score (nSPS) is 14.6. The number of aromatic nitrogens is 1. The average molecular weight is 219 g/mol. The first kappa shape index (κ1) is 10.9. The van der Waals surface area contributed by atoms with Gasteiger partial charge in [0.05, 0.1) is 0 Å². The molecule has 1 aromatic rings. The van der Waals surface area contributed by atoms with Gasteiger partial charge in [0.2, 0.25) is 0 Å². The summed E-state index contributed by atoms with van der Waals surface area (Å²) in [5, 5.41) is 0. The van der Waals surface area contributed by atoms with Gasteiger partial charge < -0.3 is 9.80 Å². The number of hydrogen-bond acceptors (Lipinski definition) is 2. The van der Waals surface area contributed by atoms with Crippen molar-refractivity contribution in [1.29, 1.82) is 0 Å². The SMILES string of the molecule is CN(C)C(=O)N(Cc1cccnc1)C1CC1. The molecular formula is C12H17N3O. The molecule has 4 nitrogen and oxygen atoms in total. The lowest BCUT2D eigenvalue weighted by Crippen LogP contribution is -2.40. The summed E-state index contributed by atoms with van der Waals surface area (Å²) in [4.78, 5) is 19.6. The predicted molar refractivity (Wildman–Crippen MR) is 61.9 cm³/mol. The van der Waals surface area contributed by atoms with Crippen molar-refractivity contribution in [3.05, 3.63) is 30.1 Å². The van der Waals surface area contributed by atoms with Gasteiger partial charge in [-0.2, -0.15) is 0 Å². The Morgan fingerprint density at radius 2 is 2.25 bits per heavy atom. The number of nitrogens with zero attached hydrogens (tertiary/aromatic N) is 3. The number of carbonyl (C=O) groups excluding carboxylic acids is 1. The molecule has 2 rings (SSSR count). The molecule has 0 atom stereocenters. The molecule has 0 aromatic carbocycles. The van der Waals surface area contributed by atoms with Crippen LogP contribution < -0.4 is 0 Å². The Hall–Kier alpha value is -1.58. The van der Waals surface area contributed by atoms with Gasteiger partial charge in [-0.15, -0.1) is 0 Å². The highest BCUT2D eigenvalue weighted by atomic mass is 16.2. The van der Waals surface area contributed by atoms with Gasteiger partial charge >= 0.3 is 6.03 Å². The molecule has 2 amide bonds. The fourth-order valence-electron chi connectivity index (χ4n) is 1.68. The van der Waals surface area contributed by atoms with Crippen LogP contribution in [0.25, 0.3) is 0 Å². The summed E-state index contributed by atoms with van der Waals surface area (Å²) in [6.45, 7) is 0.662. The van der Waals surface area contributed by atoms with E-state index in [1.165, 1.54) is 0 Å². The molecule has 0 aliphatic heterocycles. The molecule has 1 heterocycles. The van der Waals surface area contributed by atoms with E-state index >= 15 is 0 Å². The average Bonchev–Trinajstić information content (AvgIpc) is 3.10. The highest BCUT2D eigenvalue weighted by Gasteiger charge is 2.33. The van der Waals surface area contributed by atoms with Crippen LogP contribution in [-0.4, -0.2) is 41.0 Å². The van der Waals surface area contributed by atoms with E-state index in [2.05, 4.69) is 4.98 Å². The number of amides is 2. The largest absolute Gasteiger partial charge is 0.331 e. The third-order valence-electron chi connectivity index (χ3n) is 2.69. The van der Waals surface area contributed by atoms with Crippen molar-refractivity contribution < 1.29 is 4.79 Å². The molecule has 0 saturated heterocycles. The lowest BCUT2D eigenvalue weighted by Gasteiger charge is -2.25. The summed E-state index contributed by atoms with van der Waals surface area (Å²) < 4.78 is 0. The maximum Gasteiger partial charge on any atom is 0.320 e. The minimum absolute atomic E-state index is 0.0892. The Labute approximate surface area is 95.9 Å². The number of rotatable bonds is 3. The minimum Gasteiger partial charge on any atom is -0.331 e. The topological polar surface area (TPSA) is 36.4 Å². The zero-order valence-corrected chi connectivity index (χ0v) is 9.76. The van der Waals surface area contributed by atoms with Crippen LogP contribution in [0, 0.1) is 0 Å². The first-order valence-electron chi connectivity index (χ1n) is 5.55. The molecule has 0 radical (unpaired) electrons. The van der Waals surface area contributed by atoms with Gasteiger partial charge in [-0.1, -0.05) is 6.07 Å². The van der Waals surface area contributed by atoms with E-state index in [1.807, 2.05) is 23.2 Å². The summed E-state index contributed by atoms with van der Waals surface area (Å²) in [6, 6.07) is 4.42. The second-order valence-corrected chi connectivity index (χ2v) is 4.40. The first-order chi connectivity index (χ1) is 7.68. The van der Waals surface area contributed by atoms with E-state index in [-0.39, 0.29) is 6.03 Å². The van der Waals surface area contributed by atoms with Crippen molar-refractivity contribution in [3.8, 4) is 0 Å². The van der Waals surface area contributed by atoms with E-state index in [4.69, 9.17) is 0 Å². The van der Waals surface area contributed by atoms with Gasteiger partial charge in [0.1, 0.15) is 0 Å². The molecule has 1 saturated carbocycles. The van der Waals surface area contributed by atoms with Gasteiger partial charge in [0.15, 0.2) is 0 Å². The summed E-state index contributed by atoms with van der Waals surface area (Å²) in [5.74, 6) is 0. The number of pyridine rings is 1. The van der Waals surface area contributed by atoms with Crippen LogP contribution >= 0.6 is 0 Å². The Bertz CT molecular complexity index is 360. The molecule has 0 N–H and O–H groups in total. The van der Waals surface area contributed by atoms with Crippen molar-refractivity contribution in [2.75, 3.05) is 14.1 Å². The predicted octanol–water partition coefficient (Wildman–Crippen LogP) is 1.73. The highest BCUT2D eigenvalue weighted by Crippen LogP contribution is 2.28. The zero-order chi connectivity index (χ0) is 11.5. The maximum absolute atomic E-state index is 12.0. The van der Waals surface area contributed by atoms with Crippen LogP contribution in [0.15, 0.2) is 24.5 Å². The molecule has 0 bridgehead atoms. The fraction of sp³-hybridized carbons (Fsp3) is 0.500. The minimum atomic E-state index is 0.0892. The van der Waals surface area contributed by atoms with E-state index < -0.39 is 0 Å². The number of carbonyl (C=O) groups is 1. The number of urea groups is 1. The van der Waals surface area contributed by atoms with E-state index in [0.717, 1.165) is 18.4 Å². The number of hydrogen-bond donors (Lipinski definition) is 0. The molecule has 1 aliphatic carbocycles. The van der Waals surface area contributed by atoms with Crippen molar-refractivity contribution >= 4 is 6.03 Å². The highest BCUT2D eigenvalue weighted by molar-refractivity contribution is 5.74. The molecule has 0 unspecified atom stereocenters. The monoisotopic (exact) mass is 219 g/mol. The van der Waals surface area contributed by atoms with Gasteiger partial charge in [-0.3, -0.25) is 4.98 Å². The smallest absolute Gasteiger partial charge is 0.320 e. The third kappa shape index (κ3) is 2.51. The summed E-state index contributed by atoms with van der Waals surface area (Å²) in [6.07, 6.45) is 5.82. The van der Waals surface area contributed by atoms with E-state index in [9.17, 15) is 4.79 Å². The Balaban J connectivity index is 2.06.